The van der Waals surface area contributed by atoms with Crippen molar-refractivity contribution in [1.29, 1.82) is 0 Å². The van der Waals surface area contributed by atoms with E-state index in [4.69, 9.17) is 23.2 Å². The molecule has 1 aromatic carbocycles. The van der Waals surface area contributed by atoms with Crippen molar-refractivity contribution in [2.75, 3.05) is 0 Å². The first-order valence-electron chi connectivity index (χ1n) is 5.11. The van der Waals surface area contributed by atoms with Gasteiger partial charge < -0.3 is 0 Å². The molecule has 0 bridgehead atoms. The lowest BCUT2D eigenvalue weighted by Gasteiger charge is -2.09. The Labute approximate surface area is 99.4 Å². The predicted molar refractivity (Wildman–Crippen MR) is 62.5 cm³/mol. The van der Waals surface area contributed by atoms with Crippen molar-refractivity contribution in [1.82, 2.24) is 0 Å². The lowest BCUT2D eigenvalue weighted by Crippen LogP contribution is -2.00. The molecular formula is C12H12Cl2O. The summed E-state index contributed by atoms with van der Waals surface area (Å²) in [5, 5.41) is 1.46. The number of rotatable bonds is 2. The van der Waals surface area contributed by atoms with Crippen LogP contribution < -0.4 is 0 Å². The highest BCUT2D eigenvalue weighted by molar-refractivity contribution is 6.33. The van der Waals surface area contributed by atoms with Gasteiger partial charge in [-0.05, 0) is 42.5 Å². The summed E-state index contributed by atoms with van der Waals surface area (Å²) in [4.78, 5) is 11.1. The van der Waals surface area contributed by atoms with Crippen LogP contribution in [0.5, 0.6) is 0 Å². The zero-order valence-electron chi connectivity index (χ0n) is 8.30. The van der Waals surface area contributed by atoms with Gasteiger partial charge in [-0.25, -0.2) is 0 Å². The lowest BCUT2D eigenvalue weighted by atomic mass is 9.98. The van der Waals surface area contributed by atoms with Crippen LogP contribution in [-0.2, 0) is 11.2 Å². The van der Waals surface area contributed by atoms with Gasteiger partial charge in [-0.1, -0.05) is 23.2 Å². The Bertz CT molecular complexity index is 387. The van der Waals surface area contributed by atoms with E-state index in [1.54, 1.807) is 6.07 Å². The average molecular weight is 243 g/mol. The van der Waals surface area contributed by atoms with Crippen molar-refractivity contribution >= 4 is 29.0 Å². The first-order chi connectivity index (χ1) is 7.15. The largest absolute Gasteiger partial charge is 0.300 e. The molecule has 2 rings (SSSR count). The van der Waals surface area contributed by atoms with E-state index in [-0.39, 0.29) is 0 Å². The molecule has 1 unspecified atom stereocenters. The van der Waals surface area contributed by atoms with Crippen LogP contribution in [0.2, 0.25) is 10.0 Å². The van der Waals surface area contributed by atoms with E-state index in [1.807, 2.05) is 12.1 Å². The minimum Gasteiger partial charge on any atom is -0.300 e. The minimum atomic E-state index is 0.373. The Balaban J connectivity index is 2.10. The van der Waals surface area contributed by atoms with Crippen LogP contribution in [0.1, 0.15) is 24.8 Å². The Morgan fingerprint density at radius 1 is 1.33 bits per heavy atom. The van der Waals surface area contributed by atoms with E-state index in [2.05, 4.69) is 0 Å². The fraction of sp³-hybridized carbons (Fsp3) is 0.417. The van der Waals surface area contributed by atoms with Crippen molar-refractivity contribution in [2.45, 2.75) is 25.7 Å². The van der Waals surface area contributed by atoms with Gasteiger partial charge in [0.1, 0.15) is 5.78 Å². The van der Waals surface area contributed by atoms with Crippen LogP contribution in [-0.4, -0.2) is 5.78 Å². The Hall–Kier alpha value is -0.530. The molecule has 0 aromatic heterocycles. The normalized spacial score (nSPS) is 20.9. The maximum Gasteiger partial charge on any atom is 0.133 e. The zero-order chi connectivity index (χ0) is 10.8. The number of hydrogen-bond donors (Lipinski definition) is 0. The van der Waals surface area contributed by atoms with Gasteiger partial charge in [0.05, 0.1) is 0 Å². The number of carbonyl (C=O) groups excluding carboxylic acids is 1. The lowest BCUT2D eigenvalue weighted by molar-refractivity contribution is -0.117. The van der Waals surface area contributed by atoms with E-state index in [1.165, 1.54) is 0 Å². The molecule has 0 N–H and O–H groups in total. The van der Waals surface area contributed by atoms with Gasteiger partial charge >= 0.3 is 0 Å². The molecule has 15 heavy (non-hydrogen) atoms. The molecule has 1 aliphatic rings. The standard InChI is InChI=1S/C12H12Cl2O/c13-10-2-4-12(14)9(7-10)5-8-1-3-11(15)6-8/h2,4,7-8H,1,3,5-6H2. The second-order valence-corrected chi connectivity index (χ2v) is 4.93. The monoisotopic (exact) mass is 242 g/mol. The molecule has 1 nitrogen and oxygen atoms in total. The van der Waals surface area contributed by atoms with Crippen molar-refractivity contribution in [3.05, 3.63) is 33.8 Å². The SMILES string of the molecule is O=C1CCC(Cc2cc(Cl)ccc2Cl)C1. The summed E-state index contributed by atoms with van der Waals surface area (Å²) in [5.41, 5.74) is 1.06. The van der Waals surface area contributed by atoms with Crippen LogP contribution in [0.25, 0.3) is 0 Å². The Morgan fingerprint density at radius 3 is 2.80 bits per heavy atom. The summed E-state index contributed by atoms with van der Waals surface area (Å²) in [6, 6.07) is 5.50. The molecule has 1 atom stereocenters. The van der Waals surface area contributed by atoms with Gasteiger partial charge in [-0.3, -0.25) is 4.79 Å². The summed E-state index contributed by atoms with van der Waals surface area (Å²) >= 11 is 12.0. The molecule has 0 amide bonds. The summed E-state index contributed by atoms with van der Waals surface area (Å²) in [6.45, 7) is 0. The molecule has 0 radical (unpaired) electrons. The Kier molecular flexibility index (Phi) is 3.32. The van der Waals surface area contributed by atoms with Crippen LogP contribution in [0.4, 0.5) is 0 Å². The average Bonchev–Trinajstić information content (AvgIpc) is 2.58. The highest BCUT2D eigenvalue weighted by Crippen LogP contribution is 2.29. The van der Waals surface area contributed by atoms with Gasteiger partial charge in [-0.15, -0.1) is 0 Å². The van der Waals surface area contributed by atoms with Crippen LogP contribution in [0.3, 0.4) is 0 Å². The number of Topliss-reactive ketones (excluding diaryl/α,β-unsaturated/α-hetero) is 1. The van der Waals surface area contributed by atoms with Crippen molar-refractivity contribution < 1.29 is 4.79 Å². The quantitative estimate of drug-likeness (QED) is 0.769. The molecule has 1 fully saturated rings. The first-order valence-corrected chi connectivity index (χ1v) is 5.86. The fourth-order valence-corrected chi connectivity index (χ4v) is 2.47. The Morgan fingerprint density at radius 2 is 2.13 bits per heavy atom. The van der Waals surface area contributed by atoms with E-state index in [0.717, 1.165) is 29.8 Å². The number of benzene rings is 1. The van der Waals surface area contributed by atoms with Crippen molar-refractivity contribution in [2.24, 2.45) is 5.92 Å². The number of ketones is 1. The van der Waals surface area contributed by atoms with Crippen molar-refractivity contribution in [3.8, 4) is 0 Å². The highest BCUT2D eigenvalue weighted by atomic mass is 35.5. The number of carbonyl (C=O) groups is 1. The summed E-state index contributed by atoms with van der Waals surface area (Å²) < 4.78 is 0. The summed E-state index contributed by atoms with van der Waals surface area (Å²) in [7, 11) is 0. The second kappa shape index (κ2) is 4.54. The van der Waals surface area contributed by atoms with Crippen LogP contribution >= 0.6 is 23.2 Å². The molecule has 3 heteroatoms. The molecule has 1 aliphatic carbocycles. The van der Waals surface area contributed by atoms with E-state index < -0.39 is 0 Å². The van der Waals surface area contributed by atoms with E-state index >= 15 is 0 Å². The molecule has 0 spiro atoms. The third kappa shape index (κ3) is 2.73. The zero-order valence-corrected chi connectivity index (χ0v) is 9.81. The highest BCUT2D eigenvalue weighted by Gasteiger charge is 2.22. The fourth-order valence-electron chi connectivity index (χ4n) is 2.08. The van der Waals surface area contributed by atoms with Gasteiger partial charge in [0.2, 0.25) is 0 Å². The summed E-state index contributed by atoms with van der Waals surface area (Å²) in [6.07, 6.45) is 3.28. The maximum atomic E-state index is 11.1. The van der Waals surface area contributed by atoms with Crippen LogP contribution in [0.15, 0.2) is 18.2 Å². The molecule has 0 saturated heterocycles. The number of halogens is 2. The van der Waals surface area contributed by atoms with E-state index in [0.29, 0.717) is 23.1 Å². The summed E-state index contributed by atoms with van der Waals surface area (Å²) in [5.74, 6) is 0.826. The smallest absolute Gasteiger partial charge is 0.133 e. The molecule has 0 heterocycles. The minimum absolute atomic E-state index is 0.373. The third-order valence-corrected chi connectivity index (χ3v) is 3.47. The molecule has 0 aliphatic heterocycles. The topological polar surface area (TPSA) is 17.1 Å². The van der Waals surface area contributed by atoms with Gasteiger partial charge in [0.15, 0.2) is 0 Å². The maximum absolute atomic E-state index is 11.1. The van der Waals surface area contributed by atoms with Gasteiger partial charge in [0.25, 0.3) is 0 Å². The van der Waals surface area contributed by atoms with Gasteiger partial charge in [0, 0.05) is 22.9 Å². The molecular weight excluding hydrogens is 231 g/mol. The van der Waals surface area contributed by atoms with Crippen LogP contribution in [0, 0.1) is 5.92 Å². The van der Waals surface area contributed by atoms with Crippen molar-refractivity contribution in [3.63, 3.8) is 0 Å². The number of hydrogen-bond acceptors (Lipinski definition) is 1. The second-order valence-electron chi connectivity index (χ2n) is 4.09. The van der Waals surface area contributed by atoms with Gasteiger partial charge in [-0.2, -0.15) is 0 Å². The molecule has 1 aromatic rings. The first kappa shape index (κ1) is 11.0. The predicted octanol–water partition coefficient (Wildman–Crippen LogP) is 3.91. The third-order valence-electron chi connectivity index (χ3n) is 2.86. The van der Waals surface area contributed by atoms with E-state index in [9.17, 15) is 4.79 Å². The molecule has 1 saturated carbocycles. The molecule has 80 valence electrons.